The van der Waals surface area contributed by atoms with Gasteiger partial charge in [-0.15, -0.1) is 60.8 Å². The third-order valence-corrected chi connectivity index (χ3v) is 26.6. The lowest BCUT2D eigenvalue weighted by Gasteiger charge is -2.26. The fraction of sp³-hybridized carbons (Fsp3) is 0.225. The van der Waals surface area contributed by atoms with Crippen LogP contribution < -0.4 is 0 Å². The number of hydrogen-bond acceptors (Lipinski definition) is 29. The summed E-state index contributed by atoms with van der Waals surface area (Å²) in [5, 5.41) is 66.0. The molecule has 4 aliphatic heterocycles. The summed E-state index contributed by atoms with van der Waals surface area (Å²) in [7, 11) is 0. The van der Waals surface area contributed by atoms with Gasteiger partial charge in [0.25, 0.3) is 0 Å². The minimum Gasteiger partial charge on any atom is -0.481 e. The number of carboxylic acid groups (broad SMARTS) is 1. The molecule has 0 amide bonds. The third-order valence-electron chi connectivity index (χ3n) is 21.5. The number of Topliss-reactive ketones (excluding diaryl/α,β-unsaturated/α-hetero) is 4. The van der Waals surface area contributed by atoms with Gasteiger partial charge in [0.2, 0.25) is 10.3 Å². The zero-order valence-corrected chi connectivity index (χ0v) is 80.0. The van der Waals surface area contributed by atoms with Gasteiger partial charge in [-0.3, -0.25) is 48.9 Å². The van der Waals surface area contributed by atoms with Gasteiger partial charge in [0, 0.05) is 92.0 Å². The fourth-order valence-electron chi connectivity index (χ4n) is 14.6. The van der Waals surface area contributed by atoms with Crippen molar-refractivity contribution in [2.75, 3.05) is 61.6 Å². The van der Waals surface area contributed by atoms with Crippen molar-refractivity contribution in [3.8, 4) is 69.0 Å². The molecule has 6 aromatic carbocycles. The van der Waals surface area contributed by atoms with Gasteiger partial charge in [-0.25, -0.2) is 4.39 Å². The largest absolute Gasteiger partial charge is 0.481 e. The average molecular weight is 1940 g/mol. The maximum Gasteiger partial charge on any atom is 0.313 e. The number of aliphatic carboxylic acids is 1. The molecule has 36 heteroatoms. The smallest absolute Gasteiger partial charge is 0.313 e. The molecule has 1 saturated heterocycles. The number of furan rings is 5. The van der Waals surface area contributed by atoms with Crippen molar-refractivity contribution in [2.45, 2.75) is 96.5 Å². The molecule has 16 aromatic rings. The molecule has 14 heterocycles. The van der Waals surface area contributed by atoms with Crippen molar-refractivity contribution in [3.63, 3.8) is 0 Å². The molecule has 0 spiro atoms. The van der Waals surface area contributed by atoms with Gasteiger partial charge >= 0.3 is 5.97 Å². The second-order valence-electron chi connectivity index (χ2n) is 31.9. The number of aromatic nitrogens is 11. The fourth-order valence-corrected chi connectivity index (χ4v) is 18.0. The molecule has 30 nitrogen and oxygen atoms in total. The molecule has 20 rings (SSSR count). The van der Waals surface area contributed by atoms with Crippen molar-refractivity contribution in [1.29, 1.82) is 0 Å². The number of aromatic amines is 3. The number of carboxylic acids is 1. The second kappa shape index (κ2) is 46.9. The molecule has 0 radical (unpaired) electrons. The van der Waals surface area contributed by atoms with E-state index in [2.05, 4.69) is 146 Å². The number of nitrogens with one attached hydrogen (secondary N) is 3. The highest BCUT2D eigenvalue weighted by molar-refractivity contribution is 8.15. The summed E-state index contributed by atoms with van der Waals surface area (Å²) in [6, 6.07) is 68.6. The van der Waals surface area contributed by atoms with E-state index in [0.29, 0.717) is 112 Å². The first-order chi connectivity index (χ1) is 67.2. The van der Waals surface area contributed by atoms with Crippen LogP contribution in [0.3, 0.4) is 0 Å². The van der Waals surface area contributed by atoms with Gasteiger partial charge in [-0.2, -0.15) is 35.5 Å². The number of carbonyl (C=O) groups is 5. The number of halogens is 1. The minimum atomic E-state index is -0.927. The Labute approximate surface area is 813 Å². The summed E-state index contributed by atoms with van der Waals surface area (Å²) in [5.74, 6) is 15.0. The number of fused-ring (bicyclic) bond motifs is 2. The van der Waals surface area contributed by atoms with Crippen molar-refractivity contribution in [1.82, 2.24) is 59.8 Å². The zero-order chi connectivity index (χ0) is 95.8. The molecular weight excluding hydrogens is 1850 g/mol. The van der Waals surface area contributed by atoms with E-state index in [1.807, 2.05) is 178 Å². The number of hydrogen-bond donors (Lipinski definition) is 4. The second-order valence-corrected chi connectivity index (χ2v) is 37.0. The molecule has 138 heavy (non-hydrogen) atoms. The van der Waals surface area contributed by atoms with Crippen molar-refractivity contribution in [3.05, 3.63) is 299 Å². The van der Waals surface area contributed by atoms with Crippen LogP contribution >= 0.6 is 58.8 Å². The highest BCUT2D eigenvalue weighted by Gasteiger charge is 2.27. The summed E-state index contributed by atoms with van der Waals surface area (Å²) in [6.07, 6.45) is 8.18. The lowest BCUT2D eigenvalue weighted by atomic mass is 9.89. The molecule has 0 atom stereocenters. The summed E-state index contributed by atoms with van der Waals surface area (Å²) in [4.78, 5) is 66.3. The lowest BCUT2D eigenvalue weighted by Crippen LogP contribution is -2.38. The molecule has 1 fully saturated rings. The van der Waals surface area contributed by atoms with E-state index in [4.69, 9.17) is 31.9 Å². The standard InChI is InChI=1S/C23H17FN4O3S.C23H20N2O2S.C23H18N2O2S.C19H23N5O3S.C14H15N5O2S/c24-17-4-1-14(2-5-17)12-28-10-9-15-11-16(3-6-18(15)28)19-7-8-20(31-19)22-25-23(27-26-22)32-13-21(29)30;1-16(26)15-28-22-14-19(24-25-22)20-12-13-21(27-20)23(17-8-4-2-5-9-17)18-10-6-3-7-11-18;1-2-19(26)15-28-23-14-21(24-25-23)22-12-11-20(27-22)10-8-16-7-9-17-5-3-4-6-18(17)13-16;1-14(25)13-28-19-10-16(21-22-19)18-3-2-17(27-18)15-11-20-24(12-15)5-4-23-6-8-26-9-7-23;1-7(20)6-22-14-15-13(18-19-14)11-5-4-10(21-11)12-8(2)16-17-9(12)3/h1-11H,12-13H2,(H,29,30)(H,25,26,27);2-13,23H,14-15H2,1H3;3-7,9,11-13H,2,14-15H2,1H3;2-3,11-12H,4-10,13H2,1H3;4-5H,6H2,1-3H3,(H,16,17)(H,15,18,19). The van der Waals surface area contributed by atoms with Crippen LogP contribution in [0.15, 0.2) is 294 Å². The number of thioether (sulfide) groups is 5. The molecule has 4 aliphatic rings. The Morgan fingerprint density at radius 2 is 1.04 bits per heavy atom. The molecule has 10 aromatic heterocycles. The van der Waals surface area contributed by atoms with Gasteiger partial charge in [-0.05, 0) is 177 Å². The van der Waals surface area contributed by atoms with Crippen LogP contribution in [0.4, 0.5) is 4.39 Å². The van der Waals surface area contributed by atoms with Crippen LogP contribution in [0.5, 0.6) is 0 Å². The highest BCUT2D eigenvalue weighted by atomic mass is 32.2. The maximum absolute atomic E-state index is 13.2. The maximum atomic E-state index is 13.2. The van der Waals surface area contributed by atoms with Gasteiger partial charge in [-0.1, -0.05) is 139 Å². The number of carbonyl (C=O) groups excluding carboxylic acids is 4. The molecule has 0 saturated carbocycles. The van der Waals surface area contributed by atoms with Gasteiger partial charge in [0.1, 0.15) is 84.3 Å². The molecule has 0 aliphatic carbocycles. The predicted molar refractivity (Wildman–Crippen MR) is 540 cm³/mol. The van der Waals surface area contributed by atoms with Crippen LogP contribution in [0.25, 0.3) is 78.8 Å². The first-order valence-corrected chi connectivity index (χ1v) is 49.0. The van der Waals surface area contributed by atoms with Crippen molar-refractivity contribution in [2.24, 2.45) is 30.6 Å². The summed E-state index contributed by atoms with van der Waals surface area (Å²) in [5.41, 5.74) is 12.4. The number of H-pyrrole nitrogens is 3. The van der Waals surface area contributed by atoms with Crippen LogP contribution in [0.1, 0.15) is 122 Å². The zero-order valence-electron chi connectivity index (χ0n) is 75.9. The predicted octanol–water partition coefficient (Wildman–Crippen LogP) is 20.4. The van der Waals surface area contributed by atoms with E-state index in [0.717, 1.165) is 157 Å². The van der Waals surface area contributed by atoms with E-state index >= 15 is 0 Å². The summed E-state index contributed by atoms with van der Waals surface area (Å²) < 4.78 is 52.4. The normalized spacial score (nSPS) is 13.3. The first-order valence-electron chi connectivity index (χ1n) is 44.1. The number of ketones is 4. The van der Waals surface area contributed by atoms with E-state index < -0.39 is 5.97 Å². The topological polar surface area (TPSA) is 392 Å². The SMILES string of the molecule is CC(=O)CSC1=NN=C(c2ccc(-c3cnn(CCN4CCOCC4)c3)o2)C1.CC(=O)CSC1=NN=C(c2ccc(C(c3ccccc3)c3ccccc3)o2)C1.CC(=O)CSc1n[nH]c(-c2ccc(-c3c(C)n[nH]c3C)o2)n1.CCC(=O)CSC1=NN=C(c2ccc(C#Cc3ccc4ccccc4c3)o2)C1.O=C(O)CSc1n[nH]c(-c2ccc(-c3ccc4c(ccn4Cc4ccc(F)cc4)c3)o2)n1. The van der Waals surface area contributed by atoms with Crippen molar-refractivity contribution >= 4 is 142 Å². The van der Waals surface area contributed by atoms with E-state index in [1.54, 1.807) is 32.0 Å². The van der Waals surface area contributed by atoms with Gasteiger partial charge < -0.3 is 36.5 Å². The number of ether oxygens (including phenoxy) is 1. The molecule has 0 unspecified atom stereocenters. The van der Waals surface area contributed by atoms with E-state index in [-0.39, 0.29) is 40.6 Å². The first kappa shape index (κ1) is 96.7. The van der Waals surface area contributed by atoms with Gasteiger partial charge in [0.05, 0.1) is 77.5 Å². The number of morpholine rings is 1. The molecule has 4 N–H and O–H groups in total. The Morgan fingerprint density at radius 3 is 1.65 bits per heavy atom. The minimum absolute atomic E-state index is 0.0191. The van der Waals surface area contributed by atoms with Crippen LogP contribution in [-0.2, 0) is 41.8 Å². The molecular formula is C102H93FN18O12S5. The van der Waals surface area contributed by atoms with E-state index in [1.165, 1.54) is 88.0 Å². The van der Waals surface area contributed by atoms with Crippen LogP contribution in [-0.4, -0.2) is 188 Å². The monoisotopic (exact) mass is 1940 g/mol. The Balaban J connectivity index is 0.000000125. The summed E-state index contributed by atoms with van der Waals surface area (Å²) in [6.45, 7) is 16.5. The third kappa shape index (κ3) is 26.4. The average Bonchev–Trinajstić information content (AvgIpc) is 1.66. The Bertz CT molecular complexity index is 7210. The van der Waals surface area contributed by atoms with Crippen LogP contribution in [0, 0.1) is 31.5 Å². The number of benzene rings is 6. The van der Waals surface area contributed by atoms with Gasteiger partial charge in [0.15, 0.2) is 46.2 Å². The number of nitrogens with zero attached hydrogens (tertiary/aromatic N) is 15. The molecule has 700 valence electrons. The van der Waals surface area contributed by atoms with Crippen LogP contribution in [0.2, 0.25) is 0 Å². The van der Waals surface area contributed by atoms with E-state index in [9.17, 15) is 28.4 Å². The highest BCUT2D eigenvalue weighted by Crippen LogP contribution is 2.37. The number of rotatable bonds is 29. The summed E-state index contributed by atoms with van der Waals surface area (Å²) >= 11 is 6.65. The molecule has 0 bridgehead atoms. The van der Waals surface area contributed by atoms with Crippen molar-refractivity contribution < 1.29 is 60.3 Å². The Kier molecular flexibility index (Phi) is 32.8. The quantitative estimate of drug-likeness (QED) is 0.0250. The Hall–Kier alpha value is -14.5. The lowest BCUT2D eigenvalue weighted by molar-refractivity contribution is -0.134. The number of aryl methyl sites for hydroxylation is 2. The Morgan fingerprint density at radius 1 is 0.493 bits per heavy atom.